The Balaban J connectivity index is 1.77. The molecule has 1 aliphatic carbocycles. The van der Waals surface area contributed by atoms with Crippen molar-refractivity contribution in [2.45, 2.75) is 46.5 Å². The molecule has 0 radical (unpaired) electrons. The zero-order chi connectivity index (χ0) is 15.3. The van der Waals surface area contributed by atoms with Gasteiger partial charge >= 0.3 is 0 Å². The van der Waals surface area contributed by atoms with E-state index in [0.29, 0.717) is 24.4 Å². The van der Waals surface area contributed by atoms with Crippen molar-refractivity contribution in [3.63, 3.8) is 0 Å². The van der Waals surface area contributed by atoms with Gasteiger partial charge in [-0.2, -0.15) is 0 Å². The quantitative estimate of drug-likeness (QED) is 0.794. The lowest BCUT2D eigenvalue weighted by molar-refractivity contribution is -0.120. The van der Waals surface area contributed by atoms with Gasteiger partial charge < -0.3 is 10.1 Å². The largest absolute Gasteiger partial charge is 0.494 e. The molecule has 0 aliphatic heterocycles. The monoisotopic (exact) mass is 289 g/mol. The molecule has 1 aromatic rings. The lowest BCUT2D eigenvalue weighted by Gasteiger charge is -2.18. The first-order valence-corrected chi connectivity index (χ1v) is 8.01. The predicted octanol–water partition coefficient (Wildman–Crippen LogP) is 3.57. The number of hydrogen-bond donors (Lipinski definition) is 1. The summed E-state index contributed by atoms with van der Waals surface area (Å²) in [4.78, 5) is 12.0. The van der Waals surface area contributed by atoms with E-state index in [2.05, 4.69) is 19.2 Å². The average molecular weight is 289 g/mol. The van der Waals surface area contributed by atoms with Crippen LogP contribution in [0.3, 0.4) is 0 Å². The van der Waals surface area contributed by atoms with E-state index in [1.165, 1.54) is 19.3 Å². The summed E-state index contributed by atoms with van der Waals surface area (Å²) in [5, 5.41) is 3.11. The third-order valence-electron chi connectivity index (χ3n) is 4.06. The molecule has 0 spiro atoms. The number of carbonyl (C=O) groups is 1. The van der Waals surface area contributed by atoms with Crippen molar-refractivity contribution in [1.82, 2.24) is 5.32 Å². The van der Waals surface area contributed by atoms with Gasteiger partial charge in [-0.05, 0) is 55.2 Å². The van der Waals surface area contributed by atoms with Gasteiger partial charge in [-0.15, -0.1) is 0 Å². The fourth-order valence-electron chi connectivity index (χ4n) is 2.90. The molecule has 0 bridgehead atoms. The van der Waals surface area contributed by atoms with Gasteiger partial charge in [-0.25, -0.2) is 0 Å². The number of rotatable bonds is 8. The predicted molar refractivity (Wildman–Crippen MR) is 85.4 cm³/mol. The maximum atomic E-state index is 12.0. The molecule has 0 atom stereocenters. The minimum absolute atomic E-state index is 0.120. The molecule has 1 aliphatic rings. The summed E-state index contributed by atoms with van der Waals surface area (Å²) in [5.41, 5.74) is 1.42. The highest BCUT2D eigenvalue weighted by atomic mass is 16.5. The maximum Gasteiger partial charge on any atom is 0.224 e. The number of nitrogens with one attached hydrogen (secondary N) is 1. The smallest absolute Gasteiger partial charge is 0.224 e. The van der Waals surface area contributed by atoms with Gasteiger partial charge in [0.1, 0.15) is 5.75 Å². The Morgan fingerprint density at radius 1 is 1.29 bits per heavy atom. The standard InChI is InChI=1S/C18H27NO2/c1-4-21-16-7-5-15(6-8-16)11-17(20)19-13-18(9-10-18)12-14(2)3/h5-8,14H,4,9-13H2,1-3H3,(H,19,20). The van der Waals surface area contributed by atoms with Gasteiger partial charge in [0.2, 0.25) is 5.91 Å². The van der Waals surface area contributed by atoms with Crippen LogP contribution in [0.4, 0.5) is 0 Å². The summed E-state index contributed by atoms with van der Waals surface area (Å²) >= 11 is 0. The van der Waals surface area contributed by atoms with Crippen LogP contribution < -0.4 is 10.1 Å². The van der Waals surface area contributed by atoms with E-state index < -0.39 is 0 Å². The maximum absolute atomic E-state index is 12.0. The fourth-order valence-corrected chi connectivity index (χ4v) is 2.90. The summed E-state index contributed by atoms with van der Waals surface area (Å²) in [6.07, 6.45) is 4.18. The second kappa shape index (κ2) is 6.97. The average Bonchev–Trinajstić information content (AvgIpc) is 3.18. The first kappa shape index (κ1) is 15.9. The zero-order valence-electron chi connectivity index (χ0n) is 13.4. The Kier molecular flexibility index (Phi) is 5.27. The normalized spacial score (nSPS) is 15.8. The van der Waals surface area contributed by atoms with Gasteiger partial charge in [0, 0.05) is 6.54 Å². The third-order valence-corrected chi connectivity index (χ3v) is 4.06. The highest BCUT2D eigenvalue weighted by molar-refractivity contribution is 5.78. The molecular weight excluding hydrogens is 262 g/mol. The molecular formula is C18H27NO2. The zero-order valence-corrected chi connectivity index (χ0v) is 13.4. The highest BCUT2D eigenvalue weighted by Gasteiger charge is 2.42. The number of ether oxygens (including phenoxy) is 1. The summed E-state index contributed by atoms with van der Waals surface area (Å²) in [7, 11) is 0. The molecule has 116 valence electrons. The molecule has 0 aromatic heterocycles. The second-order valence-corrected chi connectivity index (χ2v) is 6.63. The summed E-state index contributed by atoms with van der Waals surface area (Å²) in [6.45, 7) is 7.97. The number of carbonyl (C=O) groups excluding carboxylic acids is 1. The molecule has 21 heavy (non-hydrogen) atoms. The minimum Gasteiger partial charge on any atom is -0.494 e. The molecule has 1 amide bonds. The van der Waals surface area contributed by atoms with E-state index in [0.717, 1.165) is 17.9 Å². The fraction of sp³-hybridized carbons (Fsp3) is 0.611. The Morgan fingerprint density at radius 3 is 2.48 bits per heavy atom. The minimum atomic E-state index is 0.120. The summed E-state index contributed by atoms with van der Waals surface area (Å²) < 4.78 is 5.40. The van der Waals surface area contributed by atoms with Crippen LogP contribution in [0.2, 0.25) is 0 Å². The molecule has 1 saturated carbocycles. The van der Waals surface area contributed by atoms with Crippen LogP contribution in [0.5, 0.6) is 5.75 Å². The Labute approximate surface area is 128 Å². The molecule has 0 saturated heterocycles. The van der Waals surface area contributed by atoms with Crippen molar-refractivity contribution in [3.05, 3.63) is 29.8 Å². The van der Waals surface area contributed by atoms with Crippen molar-refractivity contribution < 1.29 is 9.53 Å². The van der Waals surface area contributed by atoms with E-state index in [9.17, 15) is 4.79 Å². The van der Waals surface area contributed by atoms with Gasteiger partial charge in [-0.3, -0.25) is 4.79 Å². The van der Waals surface area contributed by atoms with Crippen molar-refractivity contribution in [3.8, 4) is 5.75 Å². The molecule has 3 heteroatoms. The molecule has 1 aromatic carbocycles. The Hall–Kier alpha value is -1.51. The summed E-state index contributed by atoms with van der Waals surface area (Å²) in [6, 6.07) is 7.78. The van der Waals surface area contributed by atoms with Crippen LogP contribution in [0.1, 0.15) is 45.6 Å². The Morgan fingerprint density at radius 2 is 1.95 bits per heavy atom. The molecule has 3 nitrogen and oxygen atoms in total. The van der Waals surface area contributed by atoms with E-state index >= 15 is 0 Å². The second-order valence-electron chi connectivity index (χ2n) is 6.63. The molecule has 1 N–H and O–H groups in total. The van der Waals surface area contributed by atoms with Crippen molar-refractivity contribution >= 4 is 5.91 Å². The van der Waals surface area contributed by atoms with Crippen molar-refractivity contribution in [2.75, 3.05) is 13.2 Å². The lowest BCUT2D eigenvalue weighted by atomic mass is 9.94. The first-order valence-electron chi connectivity index (χ1n) is 8.01. The number of benzene rings is 1. The van der Waals surface area contributed by atoms with Gasteiger partial charge in [-0.1, -0.05) is 26.0 Å². The van der Waals surface area contributed by atoms with Crippen LogP contribution in [0.25, 0.3) is 0 Å². The van der Waals surface area contributed by atoms with E-state index in [-0.39, 0.29) is 5.91 Å². The number of hydrogen-bond acceptors (Lipinski definition) is 2. The van der Waals surface area contributed by atoms with E-state index in [1.807, 2.05) is 31.2 Å². The van der Waals surface area contributed by atoms with Crippen LogP contribution in [0.15, 0.2) is 24.3 Å². The molecule has 1 fully saturated rings. The van der Waals surface area contributed by atoms with Crippen LogP contribution >= 0.6 is 0 Å². The van der Waals surface area contributed by atoms with Crippen LogP contribution in [-0.2, 0) is 11.2 Å². The van der Waals surface area contributed by atoms with Crippen LogP contribution in [-0.4, -0.2) is 19.1 Å². The SMILES string of the molecule is CCOc1ccc(CC(=O)NCC2(CC(C)C)CC2)cc1. The summed E-state index contributed by atoms with van der Waals surface area (Å²) in [5.74, 6) is 1.68. The highest BCUT2D eigenvalue weighted by Crippen LogP contribution is 2.49. The van der Waals surface area contributed by atoms with Gasteiger partial charge in [0.25, 0.3) is 0 Å². The molecule has 0 heterocycles. The van der Waals surface area contributed by atoms with E-state index in [1.54, 1.807) is 0 Å². The van der Waals surface area contributed by atoms with Gasteiger partial charge in [0.05, 0.1) is 13.0 Å². The Bertz CT molecular complexity index is 461. The van der Waals surface area contributed by atoms with E-state index in [4.69, 9.17) is 4.74 Å². The molecule has 0 unspecified atom stereocenters. The van der Waals surface area contributed by atoms with Crippen molar-refractivity contribution in [2.24, 2.45) is 11.3 Å². The number of amides is 1. The topological polar surface area (TPSA) is 38.3 Å². The third kappa shape index (κ3) is 5.07. The van der Waals surface area contributed by atoms with Crippen LogP contribution in [0, 0.1) is 11.3 Å². The van der Waals surface area contributed by atoms with Gasteiger partial charge in [0.15, 0.2) is 0 Å². The van der Waals surface area contributed by atoms with Crippen molar-refractivity contribution in [1.29, 1.82) is 0 Å². The lowest BCUT2D eigenvalue weighted by Crippen LogP contribution is -2.32. The first-order chi connectivity index (χ1) is 10.0. The molecule has 2 rings (SSSR count).